The zero-order valence-electron chi connectivity index (χ0n) is 20.6. The summed E-state index contributed by atoms with van der Waals surface area (Å²) in [6, 6.07) is 17.3. The molecule has 5 rings (SSSR count). The number of imidazole rings is 1. The number of aryl methyl sites for hydroxylation is 2. The maximum Gasteiger partial charge on any atom is 0.227 e. The van der Waals surface area contributed by atoms with Gasteiger partial charge in [0.1, 0.15) is 5.82 Å². The first-order valence-corrected chi connectivity index (χ1v) is 12.9. The Labute approximate surface area is 203 Å². The molecular weight excluding hydrogens is 422 g/mol. The summed E-state index contributed by atoms with van der Waals surface area (Å²) in [7, 11) is 2.09. The van der Waals surface area contributed by atoms with Crippen LogP contribution in [0.4, 0.5) is 5.69 Å². The van der Waals surface area contributed by atoms with Crippen LogP contribution in [0.5, 0.6) is 0 Å². The lowest BCUT2D eigenvalue weighted by molar-refractivity contribution is -0.137. The van der Waals surface area contributed by atoms with Crippen LogP contribution < -0.4 is 4.90 Å². The van der Waals surface area contributed by atoms with E-state index in [1.807, 2.05) is 6.07 Å². The number of rotatable bonds is 6. The van der Waals surface area contributed by atoms with Crippen molar-refractivity contribution in [3.63, 3.8) is 0 Å². The van der Waals surface area contributed by atoms with Crippen molar-refractivity contribution in [1.82, 2.24) is 19.4 Å². The fraction of sp³-hybridized carbons (Fsp3) is 0.500. The zero-order valence-corrected chi connectivity index (χ0v) is 20.6. The zero-order chi connectivity index (χ0) is 23.5. The van der Waals surface area contributed by atoms with Crippen LogP contribution in [0.25, 0.3) is 11.0 Å². The van der Waals surface area contributed by atoms with E-state index in [9.17, 15) is 4.79 Å². The van der Waals surface area contributed by atoms with Crippen LogP contribution >= 0.6 is 0 Å². The number of amides is 1. The summed E-state index contributed by atoms with van der Waals surface area (Å²) in [5.41, 5.74) is 4.89. The van der Waals surface area contributed by atoms with E-state index in [-0.39, 0.29) is 5.92 Å². The quantitative estimate of drug-likeness (QED) is 0.557. The van der Waals surface area contributed by atoms with E-state index in [1.54, 1.807) is 0 Å². The third-order valence-electron chi connectivity index (χ3n) is 7.53. The van der Waals surface area contributed by atoms with Gasteiger partial charge in [-0.1, -0.05) is 37.6 Å². The number of hydrogen-bond donors (Lipinski definition) is 0. The standard InChI is InChI=1S/C28H37N5O/c1-3-7-22-11-13-24(14-12-22)32-16-18-33(19-17-32)28(34)23-8-6-15-31(20-23)21-27-29-25-9-4-5-10-26(25)30(27)2/h4-5,9-14,23H,3,6-8,15-21H2,1-2H3/t23-/m0/s1. The van der Waals surface area contributed by atoms with Gasteiger partial charge in [-0.05, 0) is 55.6 Å². The molecule has 180 valence electrons. The van der Waals surface area contributed by atoms with Crippen LogP contribution in [0, 0.1) is 5.92 Å². The number of para-hydroxylation sites is 2. The van der Waals surface area contributed by atoms with E-state index in [1.165, 1.54) is 23.2 Å². The molecule has 0 bridgehead atoms. The number of nitrogens with zero attached hydrogens (tertiary/aromatic N) is 5. The monoisotopic (exact) mass is 459 g/mol. The van der Waals surface area contributed by atoms with Crippen LogP contribution in [0.15, 0.2) is 48.5 Å². The van der Waals surface area contributed by atoms with Crippen molar-refractivity contribution >= 4 is 22.6 Å². The SMILES string of the molecule is CCCc1ccc(N2CCN(C(=O)[C@H]3CCCN(Cc4nc5ccccc5n4C)C3)CC2)cc1. The number of benzene rings is 2. The first-order valence-electron chi connectivity index (χ1n) is 12.9. The topological polar surface area (TPSA) is 44.6 Å². The van der Waals surface area contributed by atoms with E-state index in [2.05, 4.69) is 75.7 Å². The molecule has 2 aliphatic rings. The Balaban J connectivity index is 1.16. The second-order valence-electron chi connectivity index (χ2n) is 9.88. The minimum absolute atomic E-state index is 0.100. The second kappa shape index (κ2) is 10.2. The Hall–Kier alpha value is -2.86. The highest BCUT2D eigenvalue weighted by Gasteiger charge is 2.31. The Morgan fingerprint density at radius 2 is 1.76 bits per heavy atom. The van der Waals surface area contributed by atoms with Crippen LogP contribution in [-0.4, -0.2) is 64.5 Å². The van der Waals surface area contributed by atoms with E-state index in [0.717, 1.165) is 76.4 Å². The van der Waals surface area contributed by atoms with Crippen LogP contribution in [0.1, 0.15) is 37.6 Å². The number of piperazine rings is 1. The minimum atomic E-state index is 0.100. The third-order valence-corrected chi connectivity index (χ3v) is 7.53. The molecule has 0 saturated carbocycles. The van der Waals surface area contributed by atoms with Gasteiger partial charge in [0, 0.05) is 45.5 Å². The van der Waals surface area contributed by atoms with Crippen molar-refractivity contribution in [3.8, 4) is 0 Å². The first-order chi connectivity index (χ1) is 16.6. The van der Waals surface area contributed by atoms with Crippen molar-refractivity contribution in [3.05, 3.63) is 59.9 Å². The summed E-state index contributed by atoms with van der Waals surface area (Å²) in [6.07, 6.45) is 4.39. The van der Waals surface area contributed by atoms with Crippen LogP contribution in [0.2, 0.25) is 0 Å². The Bertz CT molecular complexity index is 1110. The minimum Gasteiger partial charge on any atom is -0.368 e. The predicted molar refractivity (Wildman–Crippen MR) is 138 cm³/mol. The smallest absolute Gasteiger partial charge is 0.227 e. The normalized spacial score (nSPS) is 19.6. The Morgan fingerprint density at radius 1 is 1.00 bits per heavy atom. The number of likely N-dealkylation sites (tertiary alicyclic amines) is 1. The molecule has 2 aliphatic heterocycles. The summed E-state index contributed by atoms with van der Waals surface area (Å²) in [6.45, 7) is 8.35. The Morgan fingerprint density at radius 3 is 2.50 bits per heavy atom. The van der Waals surface area contributed by atoms with Crippen LogP contribution in [0.3, 0.4) is 0 Å². The molecule has 3 heterocycles. The molecule has 2 aromatic carbocycles. The molecule has 0 aliphatic carbocycles. The lowest BCUT2D eigenvalue weighted by Crippen LogP contribution is -2.52. The van der Waals surface area contributed by atoms with Crippen molar-refractivity contribution in [1.29, 1.82) is 0 Å². The molecule has 3 aromatic rings. The van der Waals surface area contributed by atoms with Crippen molar-refractivity contribution < 1.29 is 4.79 Å². The van der Waals surface area contributed by atoms with Gasteiger partial charge >= 0.3 is 0 Å². The average Bonchev–Trinajstić information content (AvgIpc) is 3.19. The molecule has 2 fully saturated rings. The number of fused-ring (bicyclic) bond motifs is 1. The summed E-state index contributed by atoms with van der Waals surface area (Å²) >= 11 is 0. The number of piperidine rings is 1. The van der Waals surface area contributed by atoms with E-state index >= 15 is 0 Å². The summed E-state index contributed by atoms with van der Waals surface area (Å²) in [4.78, 5) is 25.2. The predicted octanol–water partition coefficient (Wildman–Crippen LogP) is 4.09. The van der Waals surface area contributed by atoms with Gasteiger partial charge in [-0.15, -0.1) is 0 Å². The number of anilines is 1. The fourth-order valence-corrected chi connectivity index (χ4v) is 5.54. The number of carbonyl (C=O) groups excluding carboxylic acids is 1. The van der Waals surface area contributed by atoms with Gasteiger partial charge in [0.05, 0.1) is 23.5 Å². The van der Waals surface area contributed by atoms with Gasteiger partial charge in [0.15, 0.2) is 0 Å². The largest absolute Gasteiger partial charge is 0.368 e. The van der Waals surface area contributed by atoms with Crippen molar-refractivity contribution in [2.45, 2.75) is 39.2 Å². The highest BCUT2D eigenvalue weighted by Crippen LogP contribution is 2.24. The first kappa shape index (κ1) is 22.9. The number of hydrogen-bond acceptors (Lipinski definition) is 4. The number of carbonyl (C=O) groups is 1. The fourth-order valence-electron chi connectivity index (χ4n) is 5.54. The second-order valence-corrected chi connectivity index (χ2v) is 9.88. The molecule has 1 amide bonds. The van der Waals surface area contributed by atoms with Gasteiger partial charge in [0.25, 0.3) is 0 Å². The summed E-state index contributed by atoms with van der Waals surface area (Å²) in [5, 5.41) is 0. The van der Waals surface area contributed by atoms with Gasteiger partial charge in [-0.2, -0.15) is 0 Å². The van der Waals surface area contributed by atoms with E-state index in [0.29, 0.717) is 5.91 Å². The lowest BCUT2D eigenvalue weighted by atomic mass is 9.96. The molecule has 34 heavy (non-hydrogen) atoms. The maximum atomic E-state index is 13.4. The average molecular weight is 460 g/mol. The third kappa shape index (κ3) is 4.83. The molecule has 6 heteroatoms. The molecule has 0 unspecified atom stereocenters. The van der Waals surface area contributed by atoms with Gasteiger partial charge in [0.2, 0.25) is 5.91 Å². The van der Waals surface area contributed by atoms with E-state index in [4.69, 9.17) is 4.98 Å². The van der Waals surface area contributed by atoms with Crippen molar-refractivity contribution in [2.75, 3.05) is 44.2 Å². The molecule has 0 spiro atoms. The molecule has 2 saturated heterocycles. The molecule has 0 N–H and O–H groups in total. The molecule has 6 nitrogen and oxygen atoms in total. The highest BCUT2D eigenvalue weighted by atomic mass is 16.2. The van der Waals surface area contributed by atoms with Gasteiger partial charge < -0.3 is 14.4 Å². The van der Waals surface area contributed by atoms with E-state index < -0.39 is 0 Å². The molecule has 1 atom stereocenters. The molecule has 1 aromatic heterocycles. The van der Waals surface area contributed by atoms with Crippen LogP contribution in [-0.2, 0) is 24.8 Å². The van der Waals surface area contributed by atoms with Gasteiger partial charge in [-0.25, -0.2) is 4.98 Å². The van der Waals surface area contributed by atoms with Crippen molar-refractivity contribution in [2.24, 2.45) is 13.0 Å². The molecular formula is C28H37N5O. The number of aromatic nitrogens is 2. The van der Waals surface area contributed by atoms with Gasteiger partial charge in [-0.3, -0.25) is 9.69 Å². The maximum absolute atomic E-state index is 13.4. The lowest BCUT2D eigenvalue weighted by Gasteiger charge is -2.39. The molecule has 0 radical (unpaired) electrons. The summed E-state index contributed by atoms with van der Waals surface area (Å²) in [5.74, 6) is 1.52. The highest BCUT2D eigenvalue weighted by molar-refractivity contribution is 5.79. The Kier molecular flexibility index (Phi) is 6.86. The summed E-state index contributed by atoms with van der Waals surface area (Å²) < 4.78 is 2.19.